The highest BCUT2D eigenvalue weighted by Gasteiger charge is 2.34. The van der Waals surface area contributed by atoms with Crippen LogP contribution in [0.25, 0.3) is 0 Å². The second-order valence-corrected chi connectivity index (χ2v) is 9.54. The molecule has 1 N–H and O–H groups in total. The van der Waals surface area contributed by atoms with Crippen molar-refractivity contribution in [3.8, 4) is 0 Å². The summed E-state index contributed by atoms with van der Waals surface area (Å²) in [5.41, 5.74) is 0. The first kappa shape index (κ1) is 21.8. The summed E-state index contributed by atoms with van der Waals surface area (Å²) in [7, 11) is -4.12. The highest BCUT2D eigenvalue weighted by atomic mass is 32.2. The number of nitrogens with one attached hydrogen (secondary N) is 1. The molecule has 8 heteroatoms. The van der Waals surface area contributed by atoms with Crippen LogP contribution in [0.3, 0.4) is 0 Å². The number of piperidine rings is 1. The maximum Gasteiger partial charge on any atom is 0.246 e. The number of carbonyl (C=O) groups is 1. The zero-order valence-electron chi connectivity index (χ0n) is 16.0. The predicted molar refractivity (Wildman–Crippen MR) is 99.5 cm³/mol. The zero-order chi connectivity index (χ0) is 20.2. The summed E-state index contributed by atoms with van der Waals surface area (Å²) < 4.78 is 53.5. The van der Waals surface area contributed by atoms with Gasteiger partial charge in [-0.3, -0.25) is 4.79 Å². The Morgan fingerprint density at radius 2 is 1.81 bits per heavy atom. The number of nitrogens with zero attached hydrogens (tertiary/aromatic N) is 1. The molecule has 2 rings (SSSR count). The zero-order valence-corrected chi connectivity index (χ0v) is 16.9. The molecule has 1 aromatic rings. The maximum atomic E-state index is 13.9. The molecular formula is C19H28F2N2O3S. The van der Waals surface area contributed by atoms with Crippen LogP contribution in [0.2, 0.25) is 0 Å². The summed E-state index contributed by atoms with van der Waals surface area (Å²) >= 11 is 0. The second kappa shape index (κ2) is 9.10. The lowest BCUT2D eigenvalue weighted by atomic mass is 9.96. The topological polar surface area (TPSA) is 66.5 Å². The molecule has 0 saturated carbocycles. The van der Waals surface area contributed by atoms with Crippen molar-refractivity contribution < 1.29 is 22.0 Å². The van der Waals surface area contributed by atoms with E-state index >= 15 is 0 Å². The smallest absolute Gasteiger partial charge is 0.246 e. The Bertz CT molecular complexity index is 760. The van der Waals surface area contributed by atoms with Crippen molar-refractivity contribution in [3.05, 3.63) is 29.8 Å². The molecule has 1 amide bonds. The Labute approximate surface area is 160 Å². The predicted octanol–water partition coefficient (Wildman–Crippen LogP) is 3.31. The highest BCUT2D eigenvalue weighted by Crippen LogP contribution is 2.26. The first-order valence-corrected chi connectivity index (χ1v) is 10.8. The summed E-state index contributed by atoms with van der Waals surface area (Å²) in [6, 6.07) is 2.45. The van der Waals surface area contributed by atoms with Gasteiger partial charge in [0.05, 0.1) is 0 Å². The van der Waals surface area contributed by atoms with Crippen LogP contribution in [-0.2, 0) is 14.8 Å². The number of benzene rings is 1. The van der Waals surface area contributed by atoms with Gasteiger partial charge in [-0.2, -0.15) is 4.31 Å². The number of amides is 1. The van der Waals surface area contributed by atoms with E-state index in [0.29, 0.717) is 24.8 Å². The summed E-state index contributed by atoms with van der Waals surface area (Å²) in [5, 5.41) is 2.99. The van der Waals surface area contributed by atoms with Gasteiger partial charge in [0.2, 0.25) is 15.9 Å². The van der Waals surface area contributed by atoms with Gasteiger partial charge in [-0.1, -0.05) is 13.8 Å². The summed E-state index contributed by atoms with van der Waals surface area (Å²) in [5.74, 6) is -1.55. The van der Waals surface area contributed by atoms with E-state index in [1.807, 2.05) is 6.92 Å². The SMILES string of the molecule is CC(C)CC[C@@H](C)NC(=O)C1CCN(S(=O)(=O)c2cc(F)ccc2F)CC1. The van der Waals surface area contributed by atoms with Gasteiger partial charge in [0, 0.05) is 25.0 Å². The summed E-state index contributed by atoms with van der Waals surface area (Å²) in [6.07, 6.45) is 2.64. The van der Waals surface area contributed by atoms with Crippen molar-refractivity contribution in [1.29, 1.82) is 0 Å². The quantitative estimate of drug-likeness (QED) is 0.761. The van der Waals surface area contributed by atoms with E-state index in [1.54, 1.807) is 0 Å². The van der Waals surface area contributed by atoms with Crippen molar-refractivity contribution in [1.82, 2.24) is 9.62 Å². The number of rotatable bonds is 7. The van der Waals surface area contributed by atoms with E-state index in [0.717, 1.165) is 29.3 Å². The lowest BCUT2D eigenvalue weighted by molar-refractivity contribution is -0.126. The molecule has 1 fully saturated rings. The van der Waals surface area contributed by atoms with Gasteiger partial charge in [0.15, 0.2) is 0 Å². The number of sulfonamides is 1. The van der Waals surface area contributed by atoms with Crippen LogP contribution in [0.15, 0.2) is 23.1 Å². The molecule has 27 heavy (non-hydrogen) atoms. The molecule has 1 aromatic carbocycles. The summed E-state index contributed by atoms with van der Waals surface area (Å²) in [6.45, 7) is 6.44. The van der Waals surface area contributed by atoms with E-state index in [1.165, 1.54) is 0 Å². The molecule has 1 heterocycles. The van der Waals surface area contributed by atoms with Gasteiger partial charge in [0.1, 0.15) is 16.5 Å². The average Bonchev–Trinajstić information content (AvgIpc) is 2.62. The Kier molecular flexibility index (Phi) is 7.33. The fourth-order valence-electron chi connectivity index (χ4n) is 3.19. The van der Waals surface area contributed by atoms with Crippen LogP contribution >= 0.6 is 0 Å². The van der Waals surface area contributed by atoms with E-state index in [-0.39, 0.29) is 31.0 Å². The third-order valence-corrected chi connectivity index (χ3v) is 6.82. The molecule has 152 valence electrons. The molecule has 0 spiro atoms. The lowest BCUT2D eigenvalue weighted by Crippen LogP contribution is -2.45. The number of hydrogen-bond donors (Lipinski definition) is 1. The van der Waals surface area contributed by atoms with Crippen LogP contribution in [0.1, 0.15) is 46.5 Å². The molecule has 0 unspecified atom stereocenters. The molecule has 1 aliphatic heterocycles. The molecule has 5 nitrogen and oxygen atoms in total. The second-order valence-electron chi connectivity index (χ2n) is 7.63. The minimum Gasteiger partial charge on any atom is -0.353 e. The molecule has 1 saturated heterocycles. The Hall–Kier alpha value is -1.54. The number of hydrogen-bond acceptors (Lipinski definition) is 3. The van der Waals surface area contributed by atoms with Gasteiger partial charge in [0.25, 0.3) is 0 Å². The van der Waals surface area contributed by atoms with Crippen LogP contribution in [0, 0.1) is 23.5 Å². The molecule has 0 radical (unpaired) electrons. The van der Waals surface area contributed by atoms with Gasteiger partial charge in [-0.05, 0) is 56.7 Å². The average molecular weight is 403 g/mol. The normalized spacial score (nSPS) is 17.9. The number of halogens is 2. The van der Waals surface area contributed by atoms with E-state index in [9.17, 15) is 22.0 Å². The van der Waals surface area contributed by atoms with Crippen molar-refractivity contribution in [2.24, 2.45) is 11.8 Å². The van der Waals surface area contributed by atoms with Crippen molar-refractivity contribution in [2.45, 2.75) is 57.4 Å². The molecule has 0 aliphatic carbocycles. The minimum absolute atomic E-state index is 0.0692. The van der Waals surface area contributed by atoms with Crippen molar-refractivity contribution in [3.63, 3.8) is 0 Å². The molecular weight excluding hydrogens is 374 g/mol. The fraction of sp³-hybridized carbons (Fsp3) is 0.632. The molecule has 0 aromatic heterocycles. The minimum atomic E-state index is -4.12. The standard InChI is InChI=1S/C19H28F2N2O3S/c1-13(2)4-5-14(3)22-19(24)15-8-10-23(11-9-15)27(25,26)18-12-16(20)6-7-17(18)21/h6-7,12-15H,4-5,8-11H2,1-3H3,(H,22,24)/t14-/m1/s1. The van der Waals surface area contributed by atoms with E-state index in [2.05, 4.69) is 19.2 Å². The first-order chi connectivity index (χ1) is 12.6. The first-order valence-electron chi connectivity index (χ1n) is 9.37. The Morgan fingerprint density at radius 1 is 1.19 bits per heavy atom. The van der Waals surface area contributed by atoms with Crippen LogP contribution in [0.5, 0.6) is 0 Å². The third kappa shape index (κ3) is 5.72. The molecule has 0 bridgehead atoms. The third-order valence-electron chi connectivity index (χ3n) is 4.90. The fourth-order valence-corrected chi connectivity index (χ4v) is 4.73. The maximum absolute atomic E-state index is 13.9. The highest BCUT2D eigenvalue weighted by molar-refractivity contribution is 7.89. The van der Waals surface area contributed by atoms with E-state index in [4.69, 9.17) is 0 Å². The largest absolute Gasteiger partial charge is 0.353 e. The van der Waals surface area contributed by atoms with Gasteiger partial charge >= 0.3 is 0 Å². The van der Waals surface area contributed by atoms with Crippen molar-refractivity contribution >= 4 is 15.9 Å². The lowest BCUT2D eigenvalue weighted by Gasteiger charge is -2.31. The number of carbonyl (C=O) groups excluding carboxylic acids is 1. The van der Waals surface area contributed by atoms with Gasteiger partial charge < -0.3 is 5.32 Å². The van der Waals surface area contributed by atoms with Crippen LogP contribution < -0.4 is 5.32 Å². The Balaban J connectivity index is 1.94. The van der Waals surface area contributed by atoms with E-state index < -0.39 is 26.6 Å². The Morgan fingerprint density at radius 3 is 2.41 bits per heavy atom. The molecule has 1 aliphatic rings. The van der Waals surface area contributed by atoms with Gasteiger partial charge in [-0.25, -0.2) is 17.2 Å². The molecule has 1 atom stereocenters. The van der Waals surface area contributed by atoms with Crippen LogP contribution in [-0.4, -0.2) is 37.8 Å². The summed E-state index contributed by atoms with van der Waals surface area (Å²) in [4.78, 5) is 11.7. The van der Waals surface area contributed by atoms with Gasteiger partial charge in [-0.15, -0.1) is 0 Å². The van der Waals surface area contributed by atoms with Crippen LogP contribution in [0.4, 0.5) is 8.78 Å². The van der Waals surface area contributed by atoms with Crippen molar-refractivity contribution in [2.75, 3.05) is 13.1 Å². The monoisotopic (exact) mass is 402 g/mol.